The van der Waals surface area contributed by atoms with E-state index in [-0.39, 0.29) is 11.7 Å². The van der Waals surface area contributed by atoms with E-state index >= 15 is 0 Å². The molecule has 2 N–H and O–H groups in total. The number of halogens is 2. The van der Waals surface area contributed by atoms with Gasteiger partial charge in [-0.2, -0.15) is 0 Å². The highest BCUT2D eigenvalue weighted by Gasteiger charge is 2.22. The quantitative estimate of drug-likeness (QED) is 0.750. The zero-order chi connectivity index (χ0) is 20.8. The summed E-state index contributed by atoms with van der Waals surface area (Å²) in [5, 5.41) is 5.15. The second-order valence-electron chi connectivity index (χ2n) is 6.94. The lowest BCUT2D eigenvalue weighted by Crippen LogP contribution is -2.45. The van der Waals surface area contributed by atoms with Crippen molar-refractivity contribution in [3.63, 3.8) is 0 Å². The molecule has 29 heavy (non-hydrogen) atoms. The van der Waals surface area contributed by atoms with Crippen LogP contribution in [0.4, 0.5) is 19.3 Å². The monoisotopic (exact) mass is 403 g/mol. The number of esters is 1. The molecule has 0 atom stereocenters. The van der Waals surface area contributed by atoms with Crippen LogP contribution in [0.25, 0.3) is 0 Å². The Balaban J connectivity index is 1.52. The van der Waals surface area contributed by atoms with Crippen LogP contribution in [0.2, 0.25) is 0 Å². The summed E-state index contributed by atoms with van der Waals surface area (Å²) >= 11 is 0. The molecule has 2 aromatic carbocycles. The molecule has 1 heterocycles. The second kappa shape index (κ2) is 9.47. The van der Waals surface area contributed by atoms with Crippen molar-refractivity contribution in [2.24, 2.45) is 0 Å². The van der Waals surface area contributed by atoms with Crippen LogP contribution in [-0.4, -0.2) is 43.1 Å². The Morgan fingerprint density at radius 2 is 1.79 bits per heavy atom. The fourth-order valence-corrected chi connectivity index (χ4v) is 3.33. The van der Waals surface area contributed by atoms with Crippen LogP contribution in [0.15, 0.2) is 42.5 Å². The first-order chi connectivity index (χ1) is 14.0. The number of carbonyl (C=O) groups excluding carboxylic acids is 2. The molecule has 1 fully saturated rings. The van der Waals surface area contributed by atoms with E-state index < -0.39 is 29.2 Å². The largest absolute Gasteiger partial charge is 0.465 e. The first-order valence-electron chi connectivity index (χ1n) is 9.37. The van der Waals surface area contributed by atoms with Crippen molar-refractivity contribution >= 4 is 17.7 Å². The van der Waals surface area contributed by atoms with Crippen LogP contribution in [0, 0.1) is 11.6 Å². The standard InChI is InChI=1S/C21H23F2N3O3/c1-29-20(27)16-11-19(18(23)12-17(16)22)25-21(28)24-15-7-9-26(10-8-15)13-14-5-3-2-4-6-14/h2-6,11-12,15H,7-10,13H2,1H3,(H2,24,25,28). The fraction of sp³-hybridized carbons (Fsp3) is 0.333. The van der Waals surface area contributed by atoms with Gasteiger partial charge in [-0.1, -0.05) is 30.3 Å². The molecule has 0 aromatic heterocycles. The minimum absolute atomic E-state index is 0.0504. The molecule has 0 unspecified atom stereocenters. The minimum Gasteiger partial charge on any atom is -0.465 e. The van der Waals surface area contributed by atoms with Gasteiger partial charge in [0, 0.05) is 31.7 Å². The van der Waals surface area contributed by atoms with Crippen molar-refractivity contribution in [1.29, 1.82) is 0 Å². The number of ether oxygens (including phenoxy) is 1. The zero-order valence-corrected chi connectivity index (χ0v) is 16.1. The molecular weight excluding hydrogens is 380 g/mol. The average Bonchev–Trinajstić information content (AvgIpc) is 2.71. The summed E-state index contributed by atoms with van der Waals surface area (Å²) in [7, 11) is 1.09. The summed E-state index contributed by atoms with van der Waals surface area (Å²) in [6.45, 7) is 2.52. The molecule has 0 spiro atoms. The number of hydrogen-bond donors (Lipinski definition) is 2. The number of methoxy groups -OCH3 is 1. The third-order valence-electron chi connectivity index (χ3n) is 4.88. The van der Waals surface area contributed by atoms with Gasteiger partial charge in [-0.15, -0.1) is 0 Å². The number of piperidine rings is 1. The Bertz CT molecular complexity index is 869. The predicted molar refractivity (Wildman–Crippen MR) is 105 cm³/mol. The van der Waals surface area contributed by atoms with Crippen molar-refractivity contribution in [1.82, 2.24) is 10.2 Å². The first kappa shape index (κ1) is 20.7. The van der Waals surface area contributed by atoms with Gasteiger partial charge in [-0.05, 0) is 24.5 Å². The SMILES string of the molecule is COC(=O)c1cc(NC(=O)NC2CCN(Cc3ccccc3)CC2)c(F)cc1F. The Hall–Kier alpha value is -3.00. The van der Waals surface area contributed by atoms with E-state index in [0.717, 1.165) is 45.7 Å². The Kier molecular flexibility index (Phi) is 6.77. The van der Waals surface area contributed by atoms with Crippen LogP contribution in [0.3, 0.4) is 0 Å². The maximum absolute atomic E-state index is 14.0. The molecule has 0 bridgehead atoms. The molecule has 2 amide bonds. The maximum Gasteiger partial charge on any atom is 0.340 e. The smallest absolute Gasteiger partial charge is 0.340 e. The zero-order valence-electron chi connectivity index (χ0n) is 16.1. The Labute approximate surface area is 167 Å². The minimum atomic E-state index is -1.05. The molecule has 1 aliphatic rings. The molecule has 1 aliphatic heterocycles. The van der Waals surface area contributed by atoms with Gasteiger partial charge in [0.2, 0.25) is 0 Å². The Morgan fingerprint density at radius 3 is 2.45 bits per heavy atom. The number of urea groups is 1. The van der Waals surface area contributed by atoms with Crippen LogP contribution in [-0.2, 0) is 11.3 Å². The number of rotatable bonds is 5. The van der Waals surface area contributed by atoms with E-state index in [2.05, 4.69) is 32.4 Å². The molecule has 2 aromatic rings. The van der Waals surface area contributed by atoms with Crippen molar-refractivity contribution in [3.05, 3.63) is 65.2 Å². The van der Waals surface area contributed by atoms with E-state index in [0.29, 0.717) is 6.07 Å². The summed E-state index contributed by atoms with van der Waals surface area (Å²) < 4.78 is 32.1. The lowest BCUT2D eigenvalue weighted by molar-refractivity contribution is 0.0595. The van der Waals surface area contributed by atoms with Gasteiger partial charge in [-0.25, -0.2) is 18.4 Å². The number of nitrogens with zero attached hydrogens (tertiary/aromatic N) is 1. The van der Waals surface area contributed by atoms with Gasteiger partial charge in [0.15, 0.2) is 0 Å². The highest BCUT2D eigenvalue weighted by atomic mass is 19.1. The summed E-state index contributed by atoms with van der Waals surface area (Å²) in [6.07, 6.45) is 1.53. The van der Waals surface area contributed by atoms with Crippen LogP contribution < -0.4 is 10.6 Å². The number of benzene rings is 2. The topological polar surface area (TPSA) is 70.7 Å². The van der Waals surface area contributed by atoms with E-state index in [4.69, 9.17) is 0 Å². The second-order valence-corrected chi connectivity index (χ2v) is 6.94. The van der Waals surface area contributed by atoms with E-state index in [1.807, 2.05) is 18.2 Å². The summed E-state index contributed by atoms with van der Waals surface area (Å²) in [5.74, 6) is -2.97. The molecule has 0 aliphatic carbocycles. The van der Waals surface area contributed by atoms with E-state index in [9.17, 15) is 18.4 Å². The molecule has 3 rings (SSSR count). The fourth-order valence-electron chi connectivity index (χ4n) is 3.33. The van der Waals surface area contributed by atoms with Gasteiger partial charge in [0.05, 0.1) is 18.4 Å². The lowest BCUT2D eigenvalue weighted by Gasteiger charge is -2.32. The number of likely N-dealkylation sites (tertiary alicyclic amines) is 1. The van der Waals surface area contributed by atoms with Gasteiger partial charge >= 0.3 is 12.0 Å². The van der Waals surface area contributed by atoms with Gasteiger partial charge < -0.3 is 15.4 Å². The maximum atomic E-state index is 14.0. The van der Waals surface area contributed by atoms with E-state index in [1.165, 1.54) is 5.56 Å². The number of carbonyl (C=O) groups is 2. The highest BCUT2D eigenvalue weighted by Crippen LogP contribution is 2.21. The molecule has 1 saturated heterocycles. The molecule has 0 radical (unpaired) electrons. The van der Waals surface area contributed by atoms with Crippen LogP contribution >= 0.6 is 0 Å². The number of hydrogen-bond acceptors (Lipinski definition) is 4. The summed E-state index contributed by atoms with van der Waals surface area (Å²) in [5.41, 5.74) is 0.508. The van der Waals surface area contributed by atoms with Crippen LogP contribution in [0.1, 0.15) is 28.8 Å². The normalized spacial score (nSPS) is 15.0. The lowest BCUT2D eigenvalue weighted by atomic mass is 10.0. The highest BCUT2D eigenvalue weighted by molar-refractivity contribution is 5.94. The molecule has 0 saturated carbocycles. The molecule has 6 nitrogen and oxygen atoms in total. The van der Waals surface area contributed by atoms with Crippen molar-refractivity contribution in [3.8, 4) is 0 Å². The van der Waals surface area contributed by atoms with Crippen molar-refractivity contribution in [2.75, 3.05) is 25.5 Å². The molecule has 8 heteroatoms. The van der Waals surface area contributed by atoms with Gasteiger partial charge in [0.25, 0.3) is 0 Å². The average molecular weight is 403 g/mol. The first-order valence-corrected chi connectivity index (χ1v) is 9.37. The summed E-state index contributed by atoms with van der Waals surface area (Å²) in [4.78, 5) is 26.1. The van der Waals surface area contributed by atoms with Crippen LogP contribution in [0.5, 0.6) is 0 Å². The predicted octanol–water partition coefficient (Wildman–Crippen LogP) is 3.54. The van der Waals surface area contributed by atoms with Gasteiger partial charge in [-0.3, -0.25) is 4.90 Å². The third kappa shape index (κ3) is 5.51. The van der Waals surface area contributed by atoms with E-state index in [1.54, 1.807) is 0 Å². The number of amides is 2. The Morgan fingerprint density at radius 1 is 1.10 bits per heavy atom. The van der Waals surface area contributed by atoms with Crippen molar-refractivity contribution < 1.29 is 23.1 Å². The number of anilines is 1. The van der Waals surface area contributed by atoms with Crippen molar-refractivity contribution in [2.45, 2.75) is 25.4 Å². The molecular formula is C21H23F2N3O3. The number of nitrogens with one attached hydrogen (secondary N) is 2. The third-order valence-corrected chi connectivity index (χ3v) is 4.88. The summed E-state index contributed by atoms with van der Waals surface area (Å²) in [6, 6.07) is 11.0. The molecule has 154 valence electrons. The van der Waals surface area contributed by atoms with Gasteiger partial charge in [0.1, 0.15) is 11.6 Å².